The topological polar surface area (TPSA) is 72.2 Å². The first-order valence-corrected chi connectivity index (χ1v) is 7.85. The van der Waals surface area contributed by atoms with Crippen LogP contribution < -0.4 is 10.5 Å². The molecule has 0 heterocycles. The summed E-state index contributed by atoms with van der Waals surface area (Å²) in [5.41, 5.74) is 8.42. The summed E-state index contributed by atoms with van der Waals surface area (Å²) in [5.74, 6) is -0.643. The van der Waals surface area contributed by atoms with Crippen LogP contribution in [0.2, 0.25) is 0 Å². The number of hydrogen-bond acceptors (Lipinski definition) is 3. The van der Waals surface area contributed by atoms with E-state index in [1.54, 1.807) is 12.1 Å². The van der Waals surface area contributed by atoms with Gasteiger partial charge in [0.05, 0.1) is 4.90 Å². The first kappa shape index (κ1) is 15.3. The Labute approximate surface area is 123 Å². The van der Waals surface area contributed by atoms with Crippen molar-refractivity contribution >= 4 is 21.4 Å². The Morgan fingerprint density at radius 1 is 1.05 bits per heavy atom. The van der Waals surface area contributed by atoms with E-state index in [4.69, 9.17) is 5.73 Å². The summed E-state index contributed by atoms with van der Waals surface area (Å²) < 4.78 is 40.6. The molecule has 0 spiro atoms. The smallest absolute Gasteiger partial charge is 0.262 e. The number of hydrogen-bond donors (Lipinski definition) is 2. The quantitative estimate of drug-likeness (QED) is 0.856. The van der Waals surface area contributed by atoms with E-state index in [2.05, 4.69) is 4.72 Å². The lowest BCUT2D eigenvalue weighted by Gasteiger charge is -2.11. The van der Waals surface area contributed by atoms with E-state index in [1.165, 1.54) is 13.0 Å². The van der Waals surface area contributed by atoms with Crippen LogP contribution in [0.4, 0.5) is 15.8 Å². The molecule has 0 amide bonds. The second kappa shape index (κ2) is 5.37. The highest BCUT2D eigenvalue weighted by Crippen LogP contribution is 2.23. The van der Waals surface area contributed by atoms with Gasteiger partial charge in [-0.3, -0.25) is 4.72 Å². The summed E-state index contributed by atoms with van der Waals surface area (Å²) in [6.45, 7) is 5.32. The fraction of sp³-hybridized carbons (Fsp3) is 0.200. The number of rotatable bonds is 3. The summed E-state index contributed by atoms with van der Waals surface area (Å²) in [5, 5.41) is 0. The largest absolute Gasteiger partial charge is 0.398 e. The summed E-state index contributed by atoms with van der Waals surface area (Å²) in [7, 11) is -3.87. The molecule has 112 valence electrons. The maximum absolute atomic E-state index is 13.7. The monoisotopic (exact) mass is 308 g/mol. The van der Waals surface area contributed by atoms with Crippen LogP contribution in [0.3, 0.4) is 0 Å². The second-order valence-electron chi connectivity index (χ2n) is 5.02. The molecule has 2 aromatic rings. The van der Waals surface area contributed by atoms with Gasteiger partial charge in [0.2, 0.25) is 0 Å². The van der Waals surface area contributed by atoms with E-state index < -0.39 is 15.8 Å². The molecule has 21 heavy (non-hydrogen) atoms. The van der Waals surface area contributed by atoms with Crippen LogP contribution in [0.15, 0.2) is 35.2 Å². The molecule has 0 unspecified atom stereocenters. The lowest BCUT2D eigenvalue weighted by molar-refractivity contribution is 0.593. The van der Waals surface area contributed by atoms with E-state index in [-0.39, 0.29) is 16.1 Å². The van der Waals surface area contributed by atoms with Gasteiger partial charge in [0.15, 0.2) is 0 Å². The number of aryl methyl sites for hydroxylation is 2. The zero-order chi connectivity index (χ0) is 15.8. The fourth-order valence-electron chi connectivity index (χ4n) is 1.85. The highest BCUT2D eigenvalue weighted by atomic mass is 32.2. The minimum absolute atomic E-state index is 0.107. The van der Waals surface area contributed by atoms with Gasteiger partial charge in [0, 0.05) is 16.9 Å². The summed E-state index contributed by atoms with van der Waals surface area (Å²) >= 11 is 0. The molecule has 0 aliphatic carbocycles. The molecule has 2 aromatic carbocycles. The molecule has 3 N–H and O–H groups in total. The first-order valence-electron chi connectivity index (χ1n) is 6.36. The Kier molecular flexibility index (Phi) is 3.91. The average molecular weight is 308 g/mol. The Balaban J connectivity index is 2.40. The van der Waals surface area contributed by atoms with Crippen molar-refractivity contribution in [1.29, 1.82) is 0 Å². The molecule has 2 rings (SSSR count). The summed E-state index contributed by atoms with van der Waals surface area (Å²) in [6.07, 6.45) is 0. The van der Waals surface area contributed by atoms with Crippen LogP contribution in [-0.2, 0) is 10.0 Å². The van der Waals surface area contributed by atoms with Crippen molar-refractivity contribution in [2.75, 3.05) is 10.5 Å². The van der Waals surface area contributed by atoms with Gasteiger partial charge in [-0.1, -0.05) is 6.07 Å². The highest BCUT2D eigenvalue weighted by molar-refractivity contribution is 7.92. The van der Waals surface area contributed by atoms with Gasteiger partial charge in [0.25, 0.3) is 10.0 Å². The predicted molar refractivity (Wildman–Crippen MR) is 82.3 cm³/mol. The molecule has 6 heteroatoms. The maximum Gasteiger partial charge on any atom is 0.262 e. The number of halogens is 1. The van der Waals surface area contributed by atoms with E-state index in [9.17, 15) is 12.8 Å². The summed E-state index contributed by atoms with van der Waals surface area (Å²) in [4.78, 5) is -0.193. The summed E-state index contributed by atoms with van der Waals surface area (Å²) in [6, 6.07) is 7.42. The molecule has 0 radical (unpaired) electrons. The van der Waals surface area contributed by atoms with Gasteiger partial charge in [0.1, 0.15) is 5.82 Å². The normalized spacial score (nSPS) is 11.4. The van der Waals surface area contributed by atoms with Gasteiger partial charge in [-0.25, -0.2) is 12.8 Å². The van der Waals surface area contributed by atoms with Crippen LogP contribution >= 0.6 is 0 Å². The molecule has 0 aliphatic rings. The van der Waals surface area contributed by atoms with Crippen molar-refractivity contribution in [2.45, 2.75) is 25.7 Å². The third-order valence-electron chi connectivity index (χ3n) is 3.43. The van der Waals surface area contributed by atoms with Crippen molar-refractivity contribution in [3.05, 3.63) is 52.8 Å². The van der Waals surface area contributed by atoms with Gasteiger partial charge in [-0.05, 0) is 56.2 Å². The average Bonchev–Trinajstić information content (AvgIpc) is 2.39. The molecular weight excluding hydrogens is 291 g/mol. The number of nitrogens with two attached hydrogens (primary N) is 1. The van der Waals surface area contributed by atoms with E-state index in [1.807, 2.05) is 19.9 Å². The minimum atomic E-state index is -3.87. The number of sulfonamides is 1. The van der Waals surface area contributed by atoms with E-state index in [0.29, 0.717) is 5.69 Å². The van der Waals surface area contributed by atoms with Crippen molar-refractivity contribution in [3.63, 3.8) is 0 Å². The SMILES string of the molecule is Cc1ccc(NS(=O)(=O)c2cc(N)c(C)c(F)c2)cc1C. The van der Waals surface area contributed by atoms with Crippen LogP contribution in [0, 0.1) is 26.6 Å². The third kappa shape index (κ3) is 3.16. The molecule has 0 bridgehead atoms. The van der Waals surface area contributed by atoms with Crippen LogP contribution in [-0.4, -0.2) is 8.42 Å². The highest BCUT2D eigenvalue weighted by Gasteiger charge is 2.17. The molecule has 0 atom stereocenters. The van der Waals surface area contributed by atoms with Crippen LogP contribution in [0.25, 0.3) is 0 Å². The van der Waals surface area contributed by atoms with Crippen molar-refractivity contribution < 1.29 is 12.8 Å². The van der Waals surface area contributed by atoms with Gasteiger partial charge in [-0.2, -0.15) is 0 Å². The molecule has 0 saturated carbocycles. The van der Waals surface area contributed by atoms with Gasteiger partial charge < -0.3 is 5.73 Å². The van der Waals surface area contributed by atoms with Gasteiger partial charge >= 0.3 is 0 Å². The van der Waals surface area contributed by atoms with E-state index in [0.717, 1.165) is 17.2 Å². The predicted octanol–water partition coefficient (Wildman–Crippen LogP) is 3.13. The molecule has 0 saturated heterocycles. The van der Waals surface area contributed by atoms with E-state index >= 15 is 0 Å². The van der Waals surface area contributed by atoms with Crippen LogP contribution in [0.5, 0.6) is 0 Å². The molecule has 4 nitrogen and oxygen atoms in total. The molecular formula is C15H17FN2O2S. The number of nitrogens with one attached hydrogen (secondary N) is 1. The number of benzene rings is 2. The minimum Gasteiger partial charge on any atom is -0.398 e. The lowest BCUT2D eigenvalue weighted by atomic mass is 10.1. The Morgan fingerprint density at radius 3 is 2.29 bits per heavy atom. The Hall–Kier alpha value is -2.08. The van der Waals surface area contributed by atoms with Crippen molar-refractivity contribution in [1.82, 2.24) is 0 Å². The zero-order valence-corrected chi connectivity index (χ0v) is 12.9. The second-order valence-corrected chi connectivity index (χ2v) is 6.71. The first-order chi connectivity index (χ1) is 9.70. The molecule has 0 aliphatic heterocycles. The number of nitrogen functional groups attached to an aromatic ring is 1. The van der Waals surface area contributed by atoms with Crippen LogP contribution in [0.1, 0.15) is 16.7 Å². The number of anilines is 2. The standard InChI is InChI=1S/C15H17FN2O2S/c1-9-4-5-12(6-10(9)2)18-21(19,20)13-7-14(16)11(3)15(17)8-13/h4-8,18H,17H2,1-3H3. The Bertz CT molecular complexity index is 778. The maximum atomic E-state index is 13.7. The zero-order valence-electron chi connectivity index (χ0n) is 12.1. The Morgan fingerprint density at radius 2 is 1.71 bits per heavy atom. The third-order valence-corrected chi connectivity index (χ3v) is 4.79. The fourth-order valence-corrected chi connectivity index (χ4v) is 2.94. The lowest BCUT2D eigenvalue weighted by Crippen LogP contribution is -2.14. The molecule has 0 fully saturated rings. The molecule has 0 aromatic heterocycles. The van der Waals surface area contributed by atoms with Crippen molar-refractivity contribution in [2.24, 2.45) is 0 Å². The van der Waals surface area contributed by atoms with Gasteiger partial charge in [-0.15, -0.1) is 0 Å². The van der Waals surface area contributed by atoms with Crippen molar-refractivity contribution in [3.8, 4) is 0 Å².